The lowest BCUT2D eigenvalue weighted by molar-refractivity contribution is -0.281. The predicted octanol–water partition coefficient (Wildman–Crippen LogP) is 1.71. The molecule has 0 saturated carbocycles. The van der Waals surface area contributed by atoms with Crippen LogP contribution in [-0.4, -0.2) is 30.7 Å². The van der Waals surface area contributed by atoms with E-state index in [1.807, 2.05) is 13.8 Å². The normalized spacial score (nSPS) is 22.3. The minimum atomic E-state index is -0.783. The molecule has 5 heteroatoms. The van der Waals surface area contributed by atoms with Gasteiger partial charge in [-0.05, 0) is 34.6 Å². The first-order valence-corrected chi connectivity index (χ1v) is 5.26. The number of hydrogen-bond donors (Lipinski definition) is 0. The second kappa shape index (κ2) is 4.51. The molecule has 0 spiro atoms. The van der Waals surface area contributed by atoms with Crippen molar-refractivity contribution >= 4 is 11.7 Å². The Kier molecular flexibility index (Phi) is 3.70. The Labute approximate surface area is 95.7 Å². The van der Waals surface area contributed by atoms with Crippen LogP contribution in [-0.2, 0) is 19.1 Å². The van der Waals surface area contributed by atoms with Crippen molar-refractivity contribution in [2.75, 3.05) is 13.2 Å². The zero-order valence-electron chi connectivity index (χ0n) is 10.5. The molecule has 16 heavy (non-hydrogen) atoms. The first-order chi connectivity index (χ1) is 7.25. The molecular weight excluding hydrogens is 210 g/mol. The van der Waals surface area contributed by atoms with Crippen LogP contribution in [0.4, 0.5) is 0 Å². The van der Waals surface area contributed by atoms with Crippen molar-refractivity contribution in [1.82, 2.24) is 0 Å². The fourth-order valence-corrected chi connectivity index (χ4v) is 1.11. The van der Waals surface area contributed by atoms with Crippen molar-refractivity contribution in [3.8, 4) is 0 Å². The van der Waals surface area contributed by atoms with Crippen molar-refractivity contribution in [3.05, 3.63) is 0 Å². The average Bonchev–Trinajstić information content (AvgIpc) is 2.19. The van der Waals surface area contributed by atoms with Crippen LogP contribution in [0.15, 0.2) is 5.16 Å². The first kappa shape index (κ1) is 13.1. The third kappa shape index (κ3) is 3.28. The summed E-state index contributed by atoms with van der Waals surface area (Å²) >= 11 is 0. The summed E-state index contributed by atoms with van der Waals surface area (Å²) in [6.07, 6.45) is 0. The summed E-state index contributed by atoms with van der Waals surface area (Å²) in [5.74, 6) is -1.06. The summed E-state index contributed by atoms with van der Waals surface area (Å²) in [4.78, 5) is 16.5. The van der Waals surface area contributed by atoms with E-state index >= 15 is 0 Å². The van der Waals surface area contributed by atoms with Crippen LogP contribution in [0.3, 0.4) is 0 Å². The number of carbonyl (C=O) groups is 1. The Bertz CT molecular complexity index is 295. The molecule has 0 unspecified atom stereocenters. The summed E-state index contributed by atoms with van der Waals surface area (Å²) < 4.78 is 10.9. The van der Waals surface area contributed by atoms with Gasteiger partial charge < -0.3 is 14.3 Å². The first-order valence-electron chi connectivity index (χ1n) is 5.26. The molecule has 1 rings (SSSR count). The van der Waals surface area contributed by atoms with Gasteiger partial charge in [-0.1, -0.05) is 5.16 Å². The number of ether oxygens (including phenoxy) is 2. The fourth-order valence-electron chi connectivity index (χ4n) is 1.11. The number of rotatable bonds is 2. The van der Waals surface area contributed by atoms with Crippen molar-refractivity contribution < 1.29 is 19.1 Å². The lowest BCUT2D eigenvalue weighted by Crippen LogP contribution is -2.49. The number of oxime groups is 1. The van der Waals surface area contributed by atoms with Gasteiger partial charge in [-0.25, -0.2) is 4.79 Å². The molecule has 0 bridgehead atoms. The second-order valence-electron chi connectivity index (χ2n) is 4.96. The summed E-state index contributed by atoms with van der Waals surface area (Å²) in [5.41, 5.74) is -0.0935. The second-order valence-corrected chi connectivity index (χ2v) is 4.96. The third-order valence-electron chi connectivity index (χ3n) is 2.28. The molecule has 0 radical (unpaired) electrons. The molecule has 0 amide bonds. The van der Waals surface area contributed by atoms with Gasteiger partial charge in [0.25, 0.3) is 0 Å². The Morgan fingerprint density at radius 3 is 2.12 bits per heavy atom. The van der Waals surface area contributed by atoms with E-state index in [9.17, 15) is 4.79 Å². The molecular formula is C11H19NO4. The van der Waals surface area contributed by atoms with Gasteiger partial charge in [0, 0.05) is 0 Å². The van der Waals surface area contributed by atoms with Gasteiger partial charge in [0.05, 0.1) is 18.9 Å². The van der Waals surface area contributed by atoms with E-state index in [4.69, 9.17) is 14.3 Å². The molecule has 1 aliphatic rings. The van der Waals surface area contributed by atoms with E-state index in [1.54, 1.807) is 20.8 Å². The summed E-state index contributed by atoms with van der Waals surface area (Å²) in [5, 5.41) is 3.64. The number of hydrogen-bond acceptors (Lipinski definition) is 5. The Morgan fingerprint density at radius 1 is 1.19 bits per heavy atom. The Balaban J connectivity index is 2.59. The van der Waals surface area contributed by atoms with Gasteiger partial charge in [-0.15, -0.1) is 0 Å². The van der Waals surface area contributed by atoms with E-state index in [0.29, 0.717) is 5.71 Å². The van der Waals surface area contributed by atoms with Crippen LogP contribution >= 0.6 is 0 Å². The van der Waals surface area contributed by atoms with Crippen molar-refractivity contribution in [2.24, 2.45) is 10.6 Å². The quantitative estimate of drug-likeness (QED) is 0.411. The molecule has 5 nitrogen and oxygen atoms in total. The van der Waals surface area contributed by atoms with Gasteiger partial charge in [-0.2, -0.15) is 0 Å². The summed E-state index contributed by atoms with van der Waals surface area (Å²) in [7, 11) is 0. The van der Waals surface area contributed by atoms with Crippen LogP contribution < -0.4 is 0 Å². The van der Waals surface area contributed by atoms with Crippen LogP contribution in [0.5, 0.6) is 0 Å². The molecule has 92 valence electrons. The maximum atomic E-state index is 11.7. The molecule has 0 aromatic carbocycles. The monoisotopic (exact) mass is 229 g/mol. The Hall–Kier alpha value is -0.940. The topological polar surface area (TPSA) is 57.1 Å². The lowest BCUT2D eigenvalue weighted by atomic mass is 9.92. The molecule has 0 N–H and O–H groups in total. The largest absolute Gasteiger partial charge is 0.349 e. The molecule has 1 saturated heterocycles. The van der Waals surface area contributed by atoms with E-state index < -0.39 is 17.2 Å². The molecule has 0 aliphatic carbocycles. The minimum Gasteiger partial charge on any atom is -0.349 e. The maximum Gasteiger partial charge on any atom is 0.345 e. The van der Waals surface area contributed by atoms with E-state index in [-0.39, 0.29) is 13.2 Å². The highest BCUT2D eigenvalue weighted by Crippen LogP contribution is 2.30. The van der Waals surface area contributed by atoms with E-state index in [0.717, 1.165) is 0 Å². The lowest BCUT2D eigenvalue weighted by Gasteiger charge is -2.39. The van der Waals surface area contributed by atoms with Gasteiger partial charge in [0.1, 0.15) is 5.41 Å². The van der Waals surface area contributed by atoms with Gasteiger partial charge >= 0.3 is 5.97 Å². The number of nitrogens with zero attached hydrogens (tertiary/aromatic N) is 1. The van der Waals surface area contributed by atoms with Crippen molar-refractivity contribution in [2.45, 2.75) is 40.4 Å². The predicted molar refractivity (Wildman–Crippen MR) is 59.0 cm³/mol. The van der Waals surface area contributed by atoms with Crippen molar-refractivity contribution in [3.63, 3.8) is 0 Å². The molecule has 1 heterocycles. The third-order valence-corrected chi connectivity index (χ3v) is 2.28. The molecule has 0 aromatic rings. The molecule has 0 aromatic heterocycles. The highest BCUT2D eigenvalue weighted by Gasteiger charge is 2.43. The van der Waals surface area contributed by atoms with Gasteiger partial charge in [0.2, 0.25) is 0 Å². The van der Waals surface area contributed by atoms with Gasteiger partial charge in [0.15, 0.2) is 5.79 Å². The molecule has 1 aliphatic heterocycles. The fraction of sp³-hybridized carbons (Fsp3) is 0.818. The minimum absolute atomic E-state index is 0.275. The molecule has 0 atom stereocenters. The van der Waals surface area contributed by atoms with Crippen LogP contribution in [0.25, 0.3) is 0 Å². The van der Waals surface area contributed by atoms with Crippen LogP contribution in [0, 0.1) is 5.41 Å². The summed E-state index contributed by atoms with van der Waals surface area (Å²) in [6, 6.07) is 0. The van der Waals surface area contributed by atoms with Crippen molar-refractivity contribution in [1.29, 1.82) is 0 Å². The number of carbonyl (C=O) groups excluding carboxylic acids is 1. The molecule has 1 fully saturated rings. The van der Waals surface area contributed by atoms with Crippen LogP contribution in [0.1, 0.15) is 34.6 Å². The maximum absolute atomic E-state index is 11.7. The smallest absolute Gasteiger partial charge is 0.345 e. The zero-order chi connectivity index (χ0) is 12.4. The average molecular weight is 229 g/mol. The van der Waals surface area contributed by atoms with Gasteiger partial charge in [-0.3, -0.25) is 0 Å². The van der Waals surface area contributed by atoms with E-state index in [1.165, 1.54) is 0 Å². The highest BCUT2D eigenvalue weighted by molar-refractivity contribution is 5.81. The van der Waals surface area contributed by atoms with Crippen LogP contribution in [0.2, 0.25) is 0 Å². The SMILES string of the molecule is CC(C)=NOC(=O)C1(C)COC(C)(C)OC1. The standard InChI is InChI=1S/C11H19NO4/c1-8(2)12-16-9(13)11(5)6-14-10(3,4)15-7-11/h6-7H2,1-5H3. The summed E-state index contributed by atoms with van der Waals surface area (Å²) in [6.45, 7) is 9.43. The zero-order valence-corrected chi connectivity index (χ0v) is 10.5. The Morgan fingerprint density at radius 2 is 1.69 bits per heavy atom. The highest BCUT2D eigenvalue weighted by atomic mass is 16.7. The van der Waals surface area contributed by atoms with E-state index in [2.05, 4.69) is 5.16 Å².